The predicted molar refractivity (Wildman–Crippen MR) is 74.5 cm³/mol. The second-order valence-corrected chi connectivity index (χ2v) is 4.41. The van der Waals surface area contributed by atoms with E-state index < -0.39 is 0 Å². The molecule has 0 bridgehead atoms. The van der Waals surface area contributed by atoms with E-state index in [2.05, 4.69) is 21.4 Å². The maximum absolute atomic E-state index is 12.8. The van der Waals surface area contributed by atoms with Crippen molar-refractivity contribution in [1.82, 2.24) is 9.97 Å². The van der Waals surface area contributed by atoms with E-state index in [0.717, 1.165) is 16.6 Å². The smallest absolute Gasteiger partial charge is 0.201 e. The lowest BCUT2D eigenvalue weighted by molar-refractivity contribution is 0.627. The molecule has 0 aliphatic rings. The fourth-order valence-electron chi connectivity index (χ4n) is 1.95. The van der Waals surface area contributed by atoms with Gasteiger partial charge in [0.1, 0.15) is 5.82 Å². The van der Waals surface area contributed by atoms with Crippen LogP contribution in [0.25, 0.3) is 11.0 Å². The lowest BCUT2D eigenvalue weighted by atomic mass is 10.2. The summed E-state index contributed by atoms with van der Waals surface area (Å²) < 4.78 is 12.8. The summed E-state index contributed by atoms with van der Waals surface area (Å²) >= 11 is 0. The third kappa shape index (κ3) is 2.45. The first-order chi connectivity index (χ1) is 9.74. The molecule has 0 saturated carbocycles. The zero-order valence-electron chi connectivity index (χ0n) is 10.5. The first kappa shape index (κ1) is 12.2. The number of rotatable bonds is 3. The van der Waals surface area contributed by atoms with Gasteiger partial charge in [0.2, 0.25) is 5.95 Å². The van der Waals surface area contributed by atoms with E-state index in [4.69, 9.17) is 5.26 Å². The Bertz CT molecular complexity index is 784. The van der Waals surface area contributed by atoms with Crippen molar-refractivity contribution in [3.8, 4) is 6.07 Å². The van der Waals surface area contributed by atoms with Gasteiger partial charge in [-0.05, 0) is 35.9 Å². The van der Waals surface area contributed by atoms with Crippen molar-refractivity contribution in [2.75, 3.05) is 5.32 Å². The highest BCUT2D eigenvalue weighted by atomic mass is 19.1. The Hall–Kier alpha value is -2.87. The summed E-state index contributed by atoms with van der Waals surface area (Å²) in [6.45, 7) is 0.547. The highest BCUT2D eigenvalue weighted by molar-refractivity contribution is 5.78. The SMILES string of the molecule is N#Cc1ccc2nc(NCc3ccc(F)cc3)[nH]c2c1. The summed E-state index contributed by atoms with van der Waals surface area (Å²) in [5.41, 5.74) is 3.16. The van der Waals surface area contributed by atoms with Crippen LogP contribution >= 0.6 is 0 Å². The number of hydrogen-bond donors (Lipinski definition) is 2. The second-order valence-electron chi connectivity index (χ2n) is 4.41. The van der Waals surface area contributed by atoms with E-state index >= 15 is 0 Å². The molecule has 2 aromatic carbocycles. The molecular weight excluding hydrogens is 255 g/mol. The number of fused-ring (bicyclic) bond motifs is 1. The zero-order chi connectivity index (χ0) is 13.9. The number of halogens is 1. The van der Waals surface area contributed by atoms with Crippen LogP contribution in [0.3, 0.4) is 0 Å². The van der Waals surface area contributed by atoms with Crippen molar-refractivity contribution in [2.45, 2.75) is 6.54 Å². The molecule has 20 heavy (non-hydrogen) atoms. The van der Waals surface area contributed by atoms with Gasteiger partial charge in [-0.2, -0.15) is 5.26 Å². The predicted octanol–water partition coefficient (Wildman–Crippen LogP) is 3.19. The molecule has 0 aliphatic heterocycles. The first-order valence-corrected chi connectivity index (χ1v) is 6.13. The summed E-state index contributed by atoms with van der Waals surface area (Å²) in [5, 5.41) is 12.0. The zero-order valence-corrected chi connectivity index (χ0v) is 10.5. The molecule has 3 rings (SSSR count). The van der Waals surface area contributed by atoms with Crippen LogP contribution in [-0.2, 0) is 6.54 Å². The summed E-state index contributed by atoms with van der Waals surface area (Å²) in [6, 6.07) is 13.7. The van der Waals surface area contributed by atoms with E-state index in [1.807, 2.05) is 0 Å². The molecule has 0 radical (unpaired) electrons. The van der Waals surface area contributed by atoms with Crippen molar-refractivity contribution < 1.29 is 4.39 Å². The number of nitrogens with zero attached hydrogens (tertiary/aromatic N) is 2. The highest BCUT2D eigenvalue weighted by Gasteiger charge is 2.03. The second kappa shape index (κ2) is 5.02. The molecule has 1 heterocycles. The number of nitriles is 1. The Balaban J connectivity index is 1.77. The summed E-state index contributed by atoms with van der Waals surface area (Å²) in [4.78, 5) is 7.48. The lowest BCUT2D eigenvalue weighted by Crippen LogP contribution is -2.00. The fraction of sp³-hybridized carbons (Fsp3) is 0.0667. The quantitative estimate of drug-likeness (QED) is 0.765. The summed E-state index contributed by atoms with van der Waals surface area (Å²) in [6.07, 6.45) is 0. The van der Waals surface area contributed by atoms with Crippen LogP contribution < -0.4 is 5.32 Å². The minimum absolute atomic E-state index is 0.249. The molecule has 0 aliphatic carbocycles. The maximum atomic E-state index is 12.8. The Morgan fingerprint density at radius 3 is 2.75 bits per heavy atom. The molecular formula is C15H11FN4. The van der Waals surface area contributed by atoms with Gasteiger partial charge in [0.15, 0.2) is 0 Å². The number of H-pyrrole nitrogens is 1. The molecule has 0 saturated heterocycles. The van der Waals surface area contributed by atoms with Crippen molar-refractivity contribution in [2.24, 2.45) is 0 Å². The number of nitrogens with one attached hydrogen (secondary N) is 2. The highest BCUT2D eigenvalue weighted by Crippen LogP contribution is 2.16. The molecule has 2 N–H and O–H groups in total. The third-order valence-corrected chi connectivity index (χ3v) is 2.98. The van der Waals surface area contributed by atoms with Gasteiger partial charge in [0.25, 0.3) is 0 Å². The van der Waals surface area contributed by atoms with Gasteiger partial charge in [-0.1, -0.05) is 12.1 Å². The van der Waals surface area contributed by atoms with Gasteiger partial charge >= 0.3 is 0 Å². The van der Waals surface area contributed by atoms with Crippen LogP contribution in [0.15, 0.2) is 42.5 Å². The lowest BCUT2D eigenvalue weighted by Gasteiger charge is -2.02. The van der Waals surface area contributed by atoms with E-state index in [1.54, 1.807) is 30.3 Å². The normalized spacial score (nSPS) is 10.4. The van der Waals surface area contributed by atoms with Gasteiger partial charge in [-0.15, -0.1) is 0 Å². The molecule has 98 valence electrons. The van der Waals surface area contributed by atoms with Crippen LogP contribution in [0.5, 0.6) is 0 Å². The molecule has 0 unspecified atom stereocenters. The molecule has 4 nitrogen and oxygen atoms in total. The van der Waals surface area contributed by atoms with E-state index in [0.29, 0.717) is 18.1 Å². The summed E-state index contributed by atoms with van der Waals surface area (Å²) in [5.74, 6) is 0.376. The minimum atomic E-state index is -0.249. The molecule has 0 amide bonds. The van der Waals surface area contributed by atoms with Gasteiger partial charge in [0, 0.05) is 6.54 Å². The van der Waals surface area contributed by atoms with E-state index in [9.17, 15) is 4.39 Å². The van der Waals surface area contributed by atoms with Crippen LogP contribution in [0.1, 0.15) is 11.1 Å². The number of imidazole rings is 1. The third-order valence-electron chi connectivity index (χ3n) is 2.98. The Labute approximate surface area is 114 Å². The minimum Gasteiger partial charge on any atom is -0.352 e. The molecule has 5 heteroatoms. The van der Waals surface area contributed by atoms with Crippen molar-refractivity contribution in [3.05, 3.63) is 59.4 Å². The Kier molecular flexibility index (Phi) is 3.05. The number of anilines is 1. The van der Waals surface area contributed by atoms with Crippen molar-refractivity contribution in [1.29, 1.82) is 5.26 Å². The molecule has 0 fully saturated rings. The molecule has 3 aromatic rings. The van der Waals surface area contributed by atoms with Crippen LogP contribution in [0.4, 0.5) is 10.3 Å². The average Bonchev–Trinajstić information content (AvgIpc) is 2.88. The van der Waals surface area contributed by atoms with Gasteiger partial charge in [-0.25, -0.2) is 9.37 Å². The summed E-state index contributed by atoms with van der Waals surface area (Å²) in [7, 11) is 0. The number of hydrogen-bond acceptors (Lipinski definition) is 3. The number of aromatic nitrogens is 2. The van der Waals surface area contributed by atoms with Crippen LogP contribution in [0.2, 0.25) is 0 Å². The van der Waals surface area contributed by atoms with E-state index in [1.165, 1.54) is 12.1 Å². The molecule has 0 atom stereocenters. The number of aromatic amines is 1. The van der Waals surface area contributed by atoms with Gasteiger partial charge < -0.3 is 10.3 Å². The van der Waals surface area contributed by atoms with Crippen molar-refractivity contribution >= 4 is 17.0 Å². The standard InChI is InChI=1S/C15H11FN4/c16-12-4-1-10(2-5-12)9-18-15-19-13-6-3-11(8-17)7-14(13)20-15/h1-7H,9H2,(H2,18,19,20). The van der Waals surface area contributed by atoms with Crippen LogP contribution in [0, 0.1) is 17.1 Å². The van der Waals surface area contributed by atoms with Gasteiger partial charge in [0.05, 0.1) is 22.7 Å². The molecule has 1 aromatic heterocycles. The molecule has 0 spiro atoms. The number of benzene rings is 2. The average molecular weight is 266 g/mol. The fourth-order valence-corrected chi connectivity index (χ4v) is 1.95. The Morgan fingerprint density at radius 2 is 2.00 bits per heavy atom. The first-order valence-electron chi connectivity index (χ1n) is 6.13. The monoisotopic (exact) mass is 266 g/mol. The topological polar surface area (TPSA) is 64.5 Å². The van der Waals surface area contributed by atoms with Crippen LogP contribution in [-0.4, -0.2) is 9.97 Å². The van der Waals surface area contributed by atoms with E-state index in [-0.39, 0.29) is 5.82 Å². The van der Waals surface area contributed by atoms with Gasteiger partial charge in [-0.3, -0.25) is 0 Å². The Morgan fingerprint density at radius 1 is 1.20 bits per heavy atom. The van der Waals surface area contributed by atoms with Crippen molar-refractivity contribution in [3.63, 3.8) is 0 Å². The largest absolute Gasteiger partial charge is 0.352 e. The maximum Gasteiger partial charge on any atom is 0.201 e.